The Kier molecular flexibility index (Phi) is 1.66. The Balaban J connectivity index is 2.79. The zero-order valence-corrected chi connectivity index (χ0v) is 5.51. The number of ketones is 1. The molecule has 1 unspecified atom stereocenters. The molecule has 5 heteroatoms. The highest BCUT2D eigenvalue weighted by molar-refractivity contribution is 6.03. The molecule has 1 saturated carbocycles. The highest BCUT2D eigenvalue weighted by Gasteiger charge is 2.51. The first kappa shape index (κ1) is 8.10. The van der Waals surface area contributed by atoms with E-state index in [2.05, 4.69) is 0 Å². The molecule has 0 spiro atoms. The molecule has 0 saturated heterocycles. The number of carboxylic acid groups (broad SMARTS) is 1. The minimum absolute atomic E-state index is 0.249. The summed E-state index contributed by atoms with van der Waals surface area (Å²) in [7, 11) is 0. The first-order valence-electron chi connectivity index (χ1n) is 3.10. The molecule has 3 nitrogen and oxygen atoms in total. The summed E-state index contributed by atoms with van der Waals surface area (Å²) in [6.07, 6.45) is -0.885. The molecule has 1 aliphatic carbocycles. The van der Waals surface area contributed by atoms with Gasteiger partial charge in [-0.25, -0.2) is 0 Å². The van der Waals surface area contributed by atoms with Gasteiger partial charge in [-0.2, -0.15) is 8.78 Å². The van der Waals surface area contributed by atoms with Crippen LogP contribution in [0, 0.1) is 5.92 Å². The van der Waals surface area contributed by atoms with Crippen LogP contribution in [-0.2, 0) is 9.59 Å². The Bertz CT molecular complexity index is 212. The van der Waals surface area contributed by atoms with E-state index in [-0.39, 0.29) is 6.42 Å². The van der Waals surface area contributed by atoms with Gasteiger partial charge < -0.3 is 5.11 Å². The van der Waals surface area contributed by atoms with Gasteiger partial charge in [0.1, 0.15) is 5.92 Å². The van der Waals surface area contributed by atoms with Gasteiger partial charge in [-0.1, -0.05) is 0 Å². The molecule has 0 aromatic carbocycles. The Morgan fingerprint density at radius 2 is 2.18 bits per heavy atom. The van der Waals surface area contributed by atoms with Gasteiger partial charge in [0, 0.05) is 6.42 Å². The van der Waals surface area contributed by atoms with Crippen LogP contribution in [-0.4, -0.2) is 22.8 Å². The zero-order valence-electron chi connectivity index (χ0n) is 5.51. The van der Waals surface area contributed by atoms with Crippen molar-refractivity contribution >= 4 is 11.8 Å². The van der Waals surface area contributed by atoms with Crippen LogP contribution in [0.3, 0.4) is 0 Å². The van der Waals surface area contributed by atoms with Gasteiger partial charge in [0.2, 0.25) is 5.78 Å². The molecule has 62 valence electrons. The number of halogens is 2. The summed E-state index contributed by atoms with van der Waals surface area (Å²) in [5.74, 6) is -7.81. The first-order valence-corrected chi connectivity index (χ1v) is 3.10. The Labute approximate surface area is 61.0 Å². The van der Waals surface area contributed by atoms with E-state index in [1.165, 1.54) is 0 Å². The van der Waals surface area contributed by atoms with Gasteiger partial charge in [-0.15, -0.1) is 0 Å². The lowest BCUT2D eigenvalue weighted by Crippen LogP contribution is -2.29. The first-order chi connectivity index (χ1) is 4.95. The summed E-state index contributed by atoms with van der Waals surface area (Å²) in [5.41, 5.74) is 0. The number of aliphatic carboxylic acids is 1. The van der Waals surface area contributed by atoms with Crippen molar-refractivity contribution in [1.82, 2.24) is 0 Å². The standard InChI is InChI=1S/C6H6F2O3/c7-6(8)2-1-3(4(6)9)5(10)11/h3H,1-2H2,(H,10,11). The van der Waals surface area contributed by atoms with Crippen LogP contribution in [0.5, 0.6) is 0 Å². The number of carbonyl (C=O) groups is 2. The lowest BCUT2D eigenvalue weighted by Gasteiger charge is -2.04. The highest BCUT2D eigenvalue weighted by Crippen LogP contribution is 2.35. The summed E-state index contributed by atoms with van der Waals surface area (Å²) in [6.45, 7) is 0. The molecule has 1 fully saturated rings. The van der Waals surface area contributed by atoms with Crippen LogP contribution in [0.4, 0.5) is 8.78 Å². The number of carbonyl (C=O) groups excluding carboxylic acids is 1. The summed E-state index contributed by atoms with van der Waals surface area (Å²) in [6, 6.07) is 0. The number of hydrogen-bond acceptors (Lipinski definition) is 2. The van der Waals surface area contributed by atoms with E-state index in [1.54, 1.807) is 0 Å². The third kappa shape index (κ3) is 1.22. The fraction of sp³-hybridized carbons (Fsp3) is 0.667. The molecule has 11 heavy (non-hydrogen) atoms. The number of Topliss-reactive ketones (excluding diaryl/α,β-unsaturated/α-hetero) is 1. The van der Waals surface area contributed by atoms with Gasteiger partial charge in [0.05, 0.1) is 0 Å². The van der Waals surface area contributed by atoms with Crippen LogP contribution < -0.4 is 0 Å². The lowest BCUT2D eigenvalue weighted by molar-refractivity contribution is -0.151. The van der Waals surface area contributed by atoms with Crippen LogP contribution in [0.25, 0.3) is 0 Å². The molecule has 0 aliphatic heterocycles. The quantitative estimate of drug-likeness (QED) is 0.580. The molecule has 0 bridgehead atoms. The summed E-state index contributed by atoms with van der Waals surface area (Å²) >= 11 is 0. The molecule has 1 N–H and O–H groups in total. The van der Waals surface area contributed by atoms with Gasteiger partial charge >= 0.3 is 11.9 Å². The Morgan fingerprint density at radius 3 is 2.36 bits per heavy atom. The molecule has 1 aliphatic rings. The average Bonchev–Trinajstić information content (AvgIpc) is 2.09. The number of carboxylic acids is 1. The molecule has 0 aromatic rings. The maximum Gasteiger partial charge on any atom is 0.314 e. The SMILES string of the molecule is O=C(O)C1CCC(F)(F)C1=O. The molecule has 1 atom stereocenters. The van der Waals surface area contributed by atoms with Crippen molar-refractivity contribution in [3.05, 3.63) is 0 Å². The summed E-state index contributed by atoms with van der Waals surface area (Å²) in [5, 5.41) is 8.26. The third-order valence-corrected chi connectivity index (χ3v) is 1.72. The topological polar surface area (TPSA) is 54.4 Å². The number of rotatable bonds is 1. The number of alkyl halides is 2. The van der Waals surface area contributed by atoms with Gasteiger partial charge in [-0.05, 0) is 6.42 Å². The molecular weight excluding hydrogens is 158 g/mol. The minimum Gasteiger partial charge on any atom is -0.481 e. The second-order valence-corrected chi connectivity index (χ2v) is 2.50. The van der Waals surface area contributed by atoms with Crippen LogP contribution in [0.2, 0.25) is 0 Å². The van der Waals surface area contributed by atoms with E-state index in [0.717, 1.165) is 0 Å². The van der Waals surface area contributed by atoms with Gasteiger partial charge in [0.15, 0.2) is 0 Å². The molecular formula is C6H6F2O3. The predicted molar refractivity (Wildman–Crippen MR) is 30.3 cm³/mol. The van der Waals surface area contributed by atoms with Gasteiger partial charge in [0.25, 0.3) is 0 Å². The maximum absolute atomic E-state index is 12.3. The van der Waals surface area contributed by atoms with E-state index < -0.39 is 30.0 Å². The van der Waals surface area contributed by atoms with E-state index in [4.69, 9.17) is 5.11 Å². The van der Waals surface area contributed by atoms with Crippen molar-refractivity contribution in [1.29, 1.82) is 0 Å². The Morgan fingerprint density at radius 1 is 1.64 bits per heavy atom. The van der Waals surface area contributed by atoms with E-state index in [9.17, 15) is 18.4 Å². The normalized spacial score (nSPS) is 28.9. The van der Waals surface area contributed by atoms with Crippen molar-refractivity contribution in [2.45, 2.75) is 18.8 Å². The van der Waals surface area contributed by atoms with Crippen molar-refractivity contribution in [3.63, 3.8) is 0 Å². The fourth-order valence-corrected chi connectivity index (χ4v) is 1.07. The molecule has 0 amide bonds. The Hall–Kier alpha value is -1.00. The average molecular weight is 164 g/mol. The monoisotopic (exact) mass is 164 g/mol. The van der Waals surface area contributed by atoms with Gasteiger partial charge in [-0.3, -0.25) is 9.59 Å². The van der Waals surface area contributed by atoms with E-state index >= 15 is 0 Å². The molecule has 0 aromatic heterocycles. The second-order valence-electron chi connectivity index (χ2n) is 2.50. The van der Waals surface area contributed by atoms with Crippen molar-refractivity contribution < 1.29 is 23.5 Å². The highest BCUT2D eigenvalue weighted by atomic mass is 19.3. The molecule has 1 rings (SSSR count). The minimum atomic E-state index is -3.41. The number of hydrogen-bond donors (Lipinski definition) is 1. The summed E-state index contributed by atoms with van der Waals surface area (Å²) < 4.78 is 24.7. The largest absolute Gasteiger partial charge is 0.481 e. The van der Waals surface area contributed by atoms with E-state index in [1.807, 2.05) is 0 Å². The maximum atomic E-state index is 12.3. The zero-order chi connectivity index (χ0) is 8.65. The van der Waals surface area contributed by atoms with Crippen LogP contribution >= 0.6 is 0 Å². The smallest absolute Gasteiger partial charge is 0.314 e. The lowest BCUT2D eigenvalue weighted by atomic mass is 10.1. The summed E-state index contributed by atoms with van der Waals surface area (Å²) in [4.78, 5) is 20.7. The molecule has 0 radical (unpaired) electrons. The van der Waals surface area contributed by atoms with Crippen molar-refractivity contribution in [2.24, 2.45) is 5.92 Å². The second kappa shape index (κ2) is 2.25. The molecule has 0 heterocycles. The fourth-order valence-electron chi connectivity index (χ4n) is 1.07. The third-order valence-electron chi connectivity index (χ3n) is 1.72. The van der Waals surface area contributed by atoms with Crippen LogP contribution in [0.15, 0.2) is 0 Å². The predicted octanol–water partition coefficient (Wildman–Crippen LogP) is 0.685. The van der Waals surface area contributed by atoms with Crippen molar-refractivity contribution in [3.8, 4) is 0 Å². The van der Waals surface area contributed by atoms with Crippen molar-refractivity contribution in [2.75, 3.05) is 0 Å². The van der Waals surface area contributed by atoms with E-state index in [0.29, 0.717) is 0 Å². The van der Waals surface area contributed by atoms with Crippen LogP contribution in [0.1, 0.15) is 12.8 Å².